The molecule has 0 aliphatic heterocycles. The van der Waals surface area contributed by atoms with Gasteiger partial charge in [0.2, 0.25) is 5.88 Å². The molecule has 0 unspecified atom stereocenters. The van der Waals surface area contributed by atoms with Crippen molar-refractivity contribution in [2.75, 3.05) is 13.2 Å². The molecule has 0 atom stereocenters. The predicted molar refractivity (Wildman–Crippen MR) is 72.6 cm³/mol. The maximum Gasteiger partial charge on any atom is 0.232 e. The first kappa shape index (κ1) is 13.6. The lowest BCUT2D eigenvalue weighted by Gasteiger charge is -2.09. The largest absolute Gasteiger partial charge is 0.490 e. The van der Waals surface area contributed by atoms with E-state index >= 15 is 0 Å². The SMILES string of the molecule is OCc1cnc(OCCOc2ccccc2)c(Cl)c1. The number of rotatable bonds is 6. The van der Waals surface area contributed by atoms with Gasteiger partial charge in [-0.25, -0.2) is 4.98 Å². The van der Waals surface area contributed by atoms with Gasteiger partial charge < -0.3 is 14.6 Å². The number of pyridine rings is 1. The number of ether oxygens (including phenoxy) is 2. The number of hydrogen-bond donors (Lipinski definition) is 1. The Kier molecular flexibility index (Phi) is 5.01. The van der Waals surface area contributed by atoms with E-state index in [0.717, 1.165) is 5.75 Å². The summed E-state index contributed by atoms with van der Waals surface area (Å²) in [4.78, 5) is 4.02. The van der Waals surface area contributed by atoms with Crippen LogP contribution in [0.1, 0.15) is 5.56 Å². The minimum absolute atomic E-state index is 0.0931. The smallest absolute Gasteiger partial charge is 0.232 e. The Morgan fingerprint density at radius 3 is 2.53 bits per heavy atom. The molecule has 0 fully saturated rings. The van der Waals surface area contributed by atoms with Crippen LogP contribution in [-0.2, 0) is 6.61 Å². The van der Waals surface area contributed by atoms with Gasteiger partial charge in [-0.05, 0) is 23.8 Å². The van der Waals surface area contributed by atoms with Gasteiger partial charge in [0.15, 0.2) is 0 Å². The summed E-state index contributed by atoms with van der Waals surface area (Å²) in [6.07, 6.45) is 1.53. The number of para-hydroxylation sites is 1. The van der Waals surface area contributed by atoms with Crippen molar-refractivity contribution in [1.29, 1.82) is 0 Å². The van der Waals surface area contributed by atoms with Gasteiger partial charge in [0.05, 0.1) is 6.61 Å². The van der Waals surface area contributed by atoms with Crippen LogP contribution in [0.25, 0.3) is 0 Å². The van der Waals surface area contributed by atoms with Crippen LogP contribution in [-0.4, -0.2) is 23.3 Å². The highest BCUT2D eigenvalue weighted by Crippen LogP contribution is 2.22. The van der Waals surface area contributed by atoms with Crippen molar-refractivity contribution < 1.29 is 14.6 Å². The fraction of sp³-hybridized carbons (Fsp3) is 0.214. The lowest BCUT2D eigenvalue weighted by Crippen LogP contribution is -2.10. The second kappa shape index (κ2) is 6.97. The van der Waals surface area contributed by atoms with Crippen LogP contribution >= 0.6 is 11.6 Å². The Hall–Kier alpha value is -1.78. The van der Waals surface area contributed by atoms with Gasteiger partial charge >= 0.3 is 0 Å². The molecule has 0 aliphatic carbocycles. The highest BCUT2D eigenvalue weighted by atomic mass is 35.5. The van der Waals surface area contributed by atoms with Crippen LogP contribution in [0.4, 0.5) is 0 Å². The average Bonchev–Trinajstić information content (AvgIpc) is 2.46. The summed E-state index contributed by atoms with van der Waals surface area (Å²) in [5.41, 5.74) is 0.651. The van der Waals surface area contributed by atoms with Crippen molar-refractivity contribution in [2.45, 2.75) is 6.61 Å². The maximum atomic E-state index is 8.93. The summed E-state index contributed by atoms with van der Waals surface area (Å²) in [5, 5.41) is 9.31. The zero-order valence-electron chi connectivity index (χ0n) is 10.3. The molecule has 19 heavy (non-hydrogen) atoms. The number of aromatic nitrogens is 1. The van der Waals surface area contributed by atoms with Crippen molar-refractivity contribution in [3.8, 4) is 11.6 Å². The van der Waals surface area contributed by atoms with Gasteiger partial charge in [-0.1, -0.05) is 29.8 Å². The second-order valence-corrected chi connectivity index (χ2v) is 4.21. The van der Waals surface area contributed by atoms with Crippen molar-refractivity contribution in [1.82, 2.24) is 4.98 Å². The Morgan fingerprint density at radius 2 is 1.84 bits per heavy atom. The third kappa shape index (κ3) is 4.12. The fourth-order valence-electron chi connectivity index (χ4n) is 1.47. The van der Waals surface area contributed by atoms with Gasteiger partial charge in [0.1, 0.15) is 24.0 Å². The topological polar surface area (TPSA) is 51.6 Å². The van der Waals surface area contributed by atoms with Crippen molar-refractivity contribution in [3.05, 3.63) is 53.2 Å². The molecular formula is C14H14ClNO3. The number of aliphatic hydroxyl groups excluding tert-OH is 1. The van der Waals surface area contributed by atoms with E-state index in [1.165, 1.54) is 6.20 Å². The molecule has 0 amide bonds. The van der Waals surface area contributed by atoms with E-state index in [1.54, 1.807) is 6.07 Å². The van der Waals surface area contributed by atoms with Crippen molar-refractivity contribution in [2.24, 2.45) is 0 Å². The lowest BCUT2D eigenvalue weighted by atomic mass is 10.3. The van der Waals surface area contributed by atoms with Crippen LogP contribution in [0, 0.1) is 0 Å². The number of hydrogen-bond acceptors (Lipinski definition) is 4. The molecule has 1 aromatic heterocycles. The first-order chi connectivity index (χ1) is 9.29. The van der Waals surface area contributed by atoms with Crippen LogP contribution in [0.2, 0.25) is 5.02 Å². The molecule has 0 saturated heterocycles. The monoisotopic (exact) mass is 279 g/mol. The molecule has 1 heterocycles. The third-order valence-corrected chi connectivity index (χ3v) is 2.65. The summed E-state index contributed by atoms with van der Waals surface area (Å²) in [6, 6.07) is 11.1. The Balaban J connectivity index is 1.80. The Labute approximate surface area is 116 Å². The fourth-order valence-corrected chi connectivity index (χ4v) is 1.72. The van der Waals surface area contributed by atoms with Gasteiger partial charge in [-0.2, -0.15) is 0 Å². The van der Waals surface area contributed by atoms with E-state index in [9.17, 15) is 0 Å². The first-order valence-corrected chi connectivity index (χ1v) is 6.23. The molecule has 0 radical (unpaired) electrons. The zero-order valence-corrected chi connectivity index (χ0v) is 11.0. The molecule has 2 rings (SSSR count). The van der Waals surface area contributed by atoms with Crippen LogP contribution in [0.15, 0.2) is 42.6 Å². The Bertz CT molecular complexity index is 519. The molecule has 0 saturated carbocycles. The molecule has 0 bridgehead atoms. The molecule has 2 aromatic rings. The summed E-state index contributed by atoms with van der Waals surface area (Å²) < 4.78 is 10.9. The van der Waals surface area contributed by atoms with Gasteiger partial charge in [-0.15, -0.1) is 0 Å². The van der Waals surface area contributed by atoms with Crippen LogP contribution in [0.5, 0.6) is 11.6 Å². The summed E-state index contributed by atoms with van der Waals surface area (Å²) >= 11 is 5.96. The van der Waals surface area contributed by atoms with E-state index in [-0.39, 0.29) is 6.61 Å². The van der Waals surface area contributed by atoms with Crippen LogP contribution < -0.4 is 9.47 Å². The van der Waals surface area contributed by atoms with Gasteiger partial charge in [0.25, 0.3) is 0 Å². The molecule has 1 N–H and O–H groups in total. The molecule has 1 aromatic carbocycles. The van der Waals surface area contributed by atoms with Crippen molar-refractivity contribution in [3.63, 3.8) is 0 Å². The standard InChI is InChI=1S/C14H14ClNO3/c15-13-8-11(10-17)9-16-14(13)19-7-6-18-12-4-2-1-3-5-12/h1-5,8-9,17H,6-7,10H2. The highest BCUT2D eigenvalue weighted by molar-refractivity contribution is 6.31. The number of aliphatic hydroxyl groups is 1. The average molecular weight is 280 g/mol. The summed E-state index contributed by atoms with van der Waals surface area (Å²) in [6.45, 7) is 0.661. The molecule has 0 aliphatic rings. The maximum absolute atomic E-state index is 8.93. The van der Waals surface area contributed by atoms with Crippen LogP contribution in [0.3, 0.4) is 0 Å². The third-order valence-electron chi connectivity index (χ3n) is 2.38. The zero-order chi connectivity index (χ0) is 13.5. The normalized spacial score (nSPS) is 10.2. The van der Waals surface area contributed by atoms with Crippen molar-refractivity contribution >= 4 is 11.6 Å². The van der Waals surface area contributed by atoms with E-state index in [4.69, 9.17) is 26.2 Å². The van der Waals surface area contributed by atoms with Gasteiger partial charge in [0, 0.05) is 6.20 Å². The lowest BCUT2D eigenvalue weighted by molar-refractivity contribution is 0.211. The molecule has 4 nitrogen and oxygen atoms in total. The second-order valence-electron chi connectivity index (χ2n) is 3.80. The van der Waals surface area contributed by atoms with E-state index in [1.807, 2.05) is 30.3 Å². The number of halogens is 1. The van der Waals surface area contributed by atoms with Gasteiger partial charge in [-0.3, -0.25) is 0 Å². The number of benzene rings is 1. The molecular weight excluding hydrogens is 266 g/mol. The first-order valence-electron chi connectivity index (χ1n) is 5.85. The van der Waals surface area contributed by atoms with E-state index < -0.39 is 0 Å². The Morgan fingerprint density at radius 1 is 1.11 bits per heavy atom. The molecule has 0 spiro atoms. The minimum Gasteiger partial charge on any atom is -0.490 e. The predicted octanol–water partition coefficient (Wildman–Crippen LogP) is 2.69. The molecule has 5 heteroatoms. The molecule has 100 valence electrons. The van der Waals surface area contributed by atoms with E-state index in [0.29, 0.717) is 29.7 Å². The minimum atomic E-state index is -0.0931. The highest BCUT2D eigenvalue weighted by Gasteiger charge is 2.04. The van der Waals surface area contributed by atoms with E-state index in [2.05, 4.69) is 4.98 Å². The number of nitrogens with zero attached hydrogens (tertiary/aromatic N) is 1. The summed E-state index contributed by atoms with van der Waals surface area (Å²) in [5.74, 6) is 1.14. The summed E-state index contributed by atoms with van der Waals surface area (Å²) in [7, 11) is 0. The quantitative estimate of drug-likeness (QED) is 0.826.